The Morgan fingerprint density at radius 2 is 2.10 bits per heavy atom. The fourth-order valence-corrected chi connectivity index (χ4v) is 2.20. The van der Waals surface area contributed by atoms with Gasteiger partial charge in [0.2, 0.25) is 0 Å². The van der Waals surface area contributed by atoms with Gasteiger partial charge in [-0.2, -0.15) is 23.4 Å². The highest BCUT2D eigenvalue weighted by molar-refractivity contribution is 7.12. The third kappa shape index (κ3) is 3.25. The van der Waals surface area contributed by atoms with E-state index >= 15 is 0 Å². The van der Waals surface area contributed by atoms with E-state index in [4.69, 9.17) is 5.73 Å². The van der Waals surface area contributed by atoms with Crippen LogP contribution in [0.25, 0.3) is 10.7 Å². The number of rotatable bonds is 3. The van der Waals surface area contributed by atoms with Gasteiger partial charge in [-0.15, -0.1) is 0 Å². The van der Waals surface area contributed by atoms with Crippen LogP contribution in [0.4, 0.5) is 13.2 Å². The molecule has 0 saturated heterocycles. The van der Waals surface area contributed by atoms with Gasteiger partial charge in [-0.05, 0) is 19.9 Å². The van der Waals surface area contributed by atoms with E-state index in [0.29, 0.717) is 11.3 Å². The van der Waals surface area contributed by atoms with E-state index in [1.807, 2.05) is 0 Å². The van der Waals surface area contributed by atoms with Crippen LogP contribution in [0.3, 0.4) is 0 Å². The van der Waals surface area contributed by atoms with Crippen molar-refractivity contribution in [1.29, 1.82) is 0 Å². The number of halogens is 3. The minimum absolute atomic E-state index is 0.0617. The highest BCUT2D eigenvalue weighted by atomic mass is 32.1. The number of H-pyrrole nitrogens is 1. The van der Waals surface area contributed by atoms with Crippen molar-refractivity contribution in [3.8, 4) is 10.7 Å². The van der Waals surface area contributed by atoms with Crippen LogP contribution >= 0.6 is 11.3 Å². The van der Waals surface area contributed by atoms with E-state index in [0.717, 1.165) is 10.7 Å². The molecule has 2 aromatic heterocycles. The third-order valence-electron chi connectivity index (χ3n) is 2.28. The summed E-state index contributed by atoms with van der Waals surface area (Å²) < 4.78 is 39.3. The number of hydrogen-bond acceptors (Lipinski definition) is 5. The Morgan fingerprint density at radius 3 is 2.55 bits per heavy atom. The summed E-state index contributed by atoms with van der Waals surface area (Å²) in [6, 6.07) is 0.859. The van der Waals surface area contributed by atoms with Crippen molar-refractivity contribution in [3.63, 3.8) is 0 Å². The van der Waals surface area contributed by atoms with Gasteiger partial charge in [0, 0.05) is 5.54 Å². The van der Waals surface area contributed by atoms with Crippen molar-refractivity contribution >= 4 is 11.3 Å². The molecule has 0 saturated carbocycles. The van der Waals surface area contributed by atoms with Gasteiger partial charge in [0.25, 0.3) is 0 Å². The van der Waals surface area contributed by atoms with Gasteiger partial charge in [0.05, 0.1) is 12.2 Å². The van der Waals surface area contributed by atoms with Gasteiger partial charge in [0.1, 0.15) is 0 Å². The molecule has 0 aliphatic carbocycles. The number of nitrogens with one attached hydrogen (secondary N) is 1. The number of nitrogens with zero attached hydrogens (tertiary/aromatic N) is 3. The largest absolute Gasteiger partial charge is 0.435 e. The zero-order chi connectivity index (χ0) is 15.1. The predicted molar refractivity (Wildman–Crippen MR) is 67.2 cm³/mol. The minimum atomic E-state index is -4.57. The highest BCUT2D eigenvalue weighted by Crippen LogP contribution is 2.32. The molecule has 2 heterocycles. The van der Waals surface area contributed by atoms with E-state index in [1.54, 1.807) is 13.8 Å². The summed E-state index contributed by atoms with van der Waals surface area (Å²) in [4.78, 5) is 10.6. The Labute approximate surface area is 115 Å². The molecule has 6 nitrogen and oxygen atoms in total. The fourth-order valence-electron chi connectivity index (χ4n) is 1.57. The summed E-state index contributed by atoms with van der Waals surface area (Å²) in [6.07, 6.45) is -4.57. The van der Waals surface area contributed by atoms with Gasteiger partial charge in [-0.25, -0.2) is 5.10 Å². The van der Waals surface area contributed by atoms with Crippen molar-refractivity contribution in [2.45, 2.75) is 32.1 Å². The van der Waals surface area contributed by atoms with E-state index in [-0.39, 0.29) is 17.2 Å². The van der Waals surface area contributed by atoms with Crippen molar-refractivity contribution in [2.75, 3.05) is 0 Å². The molecular formula is C10H12F3N5OS. The molecule has 10 heteroatoms. The van der Waals surface area contributed by atoms with Crippen LogP contribution in [0.5, 0.6) is 0 Å². The zero-order valence-electron chi connectivity index (χ0n) is 10.7. The molecule has 2 aromatic rings. The summed E-state index contributed by atoms with van der Waals surface area (Å²) >= 11 is 0.714. The second-order valence-electron chi connectivity index (χ2n) is 4.98. The van der Waals surface area contributed by atoms with Crippen molar-refractivity contribution < 1.29 is 13.2 Å². The van der Waals surface area contributed by atoms with E-state index < -0.39 is 22.3 Å². The molecule has 2 rings (SSSR count). The number of alkyl halides is 3. The standard InChI is InChI=1S/C10H12F3N5OS/c1-9(2,14)4-18-5(7-15-16-8(19)20-7)3-6(17-18)10(11,12)13/h3H,4,14H2,1-2H3,(H,16,19). The first-order chi connectivity index (χ1) is 9.06. The molecule has 0 fully saturated rings. The maximum Gasteiger partial charge on any atom is 0.435 e. The summed E-state index contributed by atoms with van der Waals surface area (Å²) in [6.45, 7) is 3.39. The van der Waals surface area contributed by atoms with Gasteiger partial charge < -0.3 is 5.73 Å². The lowest BCUT2D eigenvalue weighted by Crippen LogP contribution is -2.37. The maximum atomic E-state index is 12.7. The lowest BCUT2D eigenvalue weighted by Gasteiger charge is -2.19. The third-order valence-corrected chi connectivity index (χ3v) is 3.06. The molecule has 3 N–H and O–H groups in total. The molecule has 0 bridgehead atoms. The fraction of sp³-hybridized carbons (Fsp3) is 0.500. The Morgan fingerprint density at radius 1 is 1.45 bits per heavy atom. The van der Waals surface area contributed by atoms with Crippen molar-refractivity contribution in [1.82, 2.24) is 20.0 Å². The van der Waals surface area contributed by atoms with E-state index in [2.05, 4.69) is 15.3 Å². The minimum Gasteiger partial charge on any atom is -0.324 e. The van der Waals surface area contributed by atoms with Gasteiger partial charge >= 0.3 is 11.0 Å². The normalized spacial score (nSPS) is 12.9. The number of aromatic amines is 1. The summed E-state index contributed by atoms with van der Waals surface area (Å²) in [7, 11) is 0. The van der Waals surface area contributed by atoms with Gasteiger partial charge in [-0.3, -0.25) is 9.48 Å². The van der Waals surface area contributed by atoms with Crippen LogP contribution in [0, 0.1) is 0 Å². The van der Waals surface area contributed by atoms with Crippen LogP contribution in [0.2, 0.25) is 0 Å². The topological polar surface area (TPSA) is 89.6 Å². The molecule has 0 radical (unpaired) electrons. The molecular weight excluding hydrogens is 295 g/mol. The smallest absolute Gasteiger partial charge is 0.324 e. The van der Waals surface area contributed by atoms with Crippen LogP contribution in [-0.2, 0) is 12.7 Å². The summed E-state index contributed by atoms with van der Waals surface area (Å²) in [5, 5.41) is 9.50. The quantitative estimate of drug-likeness (QED) is 0.898. The molecule has 0 unspecified atom stereocenters. The Balaban J connectivity index is 2.53. The molecule has 0 aromatic carbocycles. The predicted octanol–water partition coefficient (Wildman–Crippen LogP) is 1.45. The van der Waals surface area contributed by atoms with Crippen LogP contribution < -0.4 is 10.6 Å². The second kappa shape index (κ2) is 4.70. The number of hydrogen-bond donors (Lipinski definition) is 2. The average Bonchev–Trinajstić information content (AvgIpc) is 2.81. The molecule has 110 valence electrons. The highest BCUT2D eigenvalue weighted by Gasteiger charge is 2.36. The Bertz CT molecular complexity index is 663. The molecule has 0 spiro atoms. The Kier molecular flexibility index (Phi) is 3.46. The lowest BCUT2D eigenvalue weighted by molar-refractivity contribution is -0.141. The molecule has 0 amide bonds. The monoisotopic (exact) mass is 307 g/mol. The molecule has 0 aliphatic heterocycles. The van der Waals surface area contributed by atoms with Gasteiger partial charge in [0.15, 0.2) is 10.7 Å². The molecule has 0 aliphatic rings. The van der Waals surface area contributed by atoms with E-state index in [9.17, 15) is 18.0 Å². The van der Waals surface area contributed by atoms with Crippen molar-refractivity contribution in [2.24, 2.45) is 5.73 Å². The Hall–Kier alpha value is -1.68. The van der Waals surface area contributed by atoms with Crippen LogP contribution in [0.15, 0.2) is 10.9 Å². The van der Waals surface area contributed by atoms with Gasteiger partial charge in [-0.1, -0.05) is 11.3 Å². The number of nitrogens with two attached hydrogens (primary N) is 1. The van der Waals surface area contributed by atoms with Crippen LogP contribution in [0.1, 0.15) is 19.5 Å². The molecule has 0 atom stereocenters. The average molecular weight is 307 g/mol. The maximum absolute atomic E-state index is 12.7. The first kappa shape index (κ1) is 14.7. The second-order valence-corrected chi connectivity index (χ2v) is 5.94. The van der Waals surface area contributed by atoms with Crippen molar-refractivity contribution in [3.05, 3.63) is 21.4 Å². The SMILES string of the molecule is CC(C)(N)Cn1nc(C(F)(F)F)cc1-c1n[nH]c(=O)s1. The lowest BCUT2D eigenvalue weighted by atomic mass is 10.1. The van der Waals surface area contributed by atoms with Crippen LogP contribution in [-0.4, -0.2) is 25.5 Å². The first-order valence-electron chi connectivity index (χ1n) is 5.56. The first-order valence-corrected chi connectivity index (χ1v) is 6.38. The number of aromatic nitrogens is 4. The van der Waals surface area contributed by atoms with E-state index in [1.165, 1.54) is 0 Å². The summed E-state index contributed by atoms with van der Waals surface area (Å²) in [5.41, 5.74) is 4.12. The summed E-state index contributed by atoms with van der Waals surface area (Å²) in [5.74, 6) is 0. The molecule has 20 heavy (non-hydrogen) atoms. The zero-order valence-corrected chi connectivity index (χ0v) is 11.5.